The van der Waals surface area contributed by atoms with Crippen LogP contribution in [0.3, 0.4) is 0 Å². The van der Waals surface area contributed by atoms with Gasteiger partial charge in [-0.05, 0) is 128 Å². The Morgan fingerprint density at radius 3 is 0.931 bits per heavy atom. The summed E-state index contributed by atoms with van der Waals surface area (Å²) in [4.78, 5) is 38.1. The first kappa shape index (κ1) is 67.0. The molecule has 402 valence electrons. The smallest absolute Gasteiger partial charge is 0.306 e. The molecule has 0 aliphatic heterocycles. The van der Waals surface area contributed by atoms with Crippen molar-refractivity contribution in [3.8, 4) is 0 Å². The van der Waals surface area contributed by atoms with E-state index in [0.717, 1.165) is 154 Å². The minimum Gasteiger partial charge on any atom is -0.462 e. The maximum atomic E-state index is 12.8. The van der Waals surface area contributed by atoms with Gasteiger partial charge in [0.15, 0.2) is 6.10 Å². The molecule has 1 atom stereocenters. The second-order valence-corrected chi connectivity index (χ2v) is 18.1. The zero-order chi connectivity index (χ0) is 52.2. The Morgan fingerprint density at radius 2 is 0.569 bits per heavy atom. The van der Waals surface area contributed by atoms with Gasteiger partial charge in [0, 0.05) is 19.3 Å². The molecule has 0 amide bonds. The number of allylic oxidation sites excluding steroid dienone is 26. The minimum absolute atomic E-state index is 0.123. The third-order valence-electron chi connectivity index (χ3n) is 11.3. The van der Waals surface area contributed by atoms with Crippen LogP contribution in [0, 0.1) is 0 Å². The van der Waals surface area contributed by atoms with Gasteiger partial charge in [-0.3, -0.25) is 14.4 Å². The van der Waals surface area contributed by atoms with Crippen molar-refractivity contribution in [1.29, 1.82) is 0 Å². The Labute approximate surface area is 441 Å². The van der Waals surface area contributed by atoms with Gasteiger partial charge in [-0.15, -0.1) is 0 Å². The van der Waals surface area contributed by atoms with Crippen LogP contribution in [-0.4, -0.2) is 37.2 Å². The van der Waals surface area contributed by atoms with Crippen molar-refractivity contribution in [3.05, 3.63) is 158 Å². The summed E-state index contributed by atoms with van der Waals surface area (Å²) in [6, 6.07) is 0. The molecule has 0 N–H and O–H groups in total. The lowest BCUT2D eigenvalue weighted by atomic mass is 10.1. The Balaban J connectivity index is 4.45. The number of hydrogen-bond acceptors (Lipinski definition) is 6. The summed E-state index contributed by atoms with van der Waals surface area (Å²) in [5, 5.41) is 0. The van der Waals surface area contributed by atoms with Gasteiger partial charge in [0.25, 0.3) is 0 Å². The van der Waals surface area contributed by atoms with Crippen LogP contribution in [0.4, 0.5) is 0 Å². The van der Waals surface area contributed by atoms with Crippen molar-refractivity contribution in [2.24, 2.45) is 0 Å². The highest BCUT2D eigenvalue weighted by Gasteiger charge is 2.19. The second kappa shape index (κ2) is 58.6. The minimum atomic E-state index is -0.830. The first-order chi connectivity index (χ1) is 35.5. The van der Waals surface area contributed by atoms with E-state index in [-0.39, 0.29) is 44.0 Å². The summed E-state index contributed by atoms with van der Waals surface area (Å²) in [6.45, 7) is 6.25. The summed E-state index contributed by atoms with van der Waals surface area (Å²) < 4.78 is 16.7. The van der Waals surface area contributed by atoms with Gasteiger partial charge in [-0.2, -0.15) is 0 Å². The van der Waals surface area contributed by atoms with Gasteiger partial charge in [-0.1, -0.05) is 230 Å². The fourth-order valence-electron chi connectivity index (χ4n) is 7.04. The van der Waals surface area contributed by atoms with Crippen LogP contribution < -0.4 is 0 Å². The van der Waals surface area contributed by atoms with Crippen LogP contribution in [0.5, 0.6) is 0 Å². The van der Waals surface area contributed by atoms with Crippen LogP contribution in [0.1, 0.15) is 220 Å². The first-order valence-electron chi connectivity index (χ1n) is 28.5. The average molecular weight is 992 g/mol. The van der Waals surface area contributed by atoms with E-state index >= 15 is 0 Å². The maximum absolute atomic E-state index is 12.8. The molecule has 0 aromatic carbocycles. The number of unbranched alkanes of at least 4 members (excludes halogenated alkanes) is 12. The summed E-state index contributed by atoms with van der Waals surface area (Å²) in [5.74, 6) is -1.05. The molecule has 0 fully saturated rings. The molecule has 0 spiro atoms. The highest BCUT2D eigenvalue weighted by Crippen LogP contribution is 2.12. The lowest BCUT2D eigenvalue weighted by Crippen LogP contribution is -2.30. The molecule has 0 saturated carbocycles. The molecule has 0 aromatic rings. The van der Waals surface area contributed by atoms with E-state index in [4.69, 9.17) is 14.2 Å². The number of esters is 3. The van der Waals surface area contributed by atoms with Crippen LogP contribution in [0.25, 0.3) is 0 Å². The molecule has 0 aliphatic carbocycles. The average Bonchev–Trinajstić information content (AvgIpc) is 3.38. The Bertz CT molecular complexity index is 1660. The van der Waals surface area contributed by atoms with Crippen LogP contribution >= 0.6 is 0 Å². The monoisotopic (exact) mass is 991 g/mol. The fourth-order valence-corrected chi connectivity index (χ4v) is 7.04. The molecule has 6 heteroatoms. The summed E-state index contributed by atoms with van der Waals surface area (Å²) in [6.07, 6.45) is 85.3. The van der Waals surface area contributed by atoms with Crippen molar-refractivity contribution in [2.45, 2.75) is 226 Å². The highest BCUT2D eigenvalue weighted by molar-refractivity contribution is 5.71. The Morgan fingerprint density at radius 1 is 0.292 bits per heavy atom. The van der Waals surface area contributed by atoms with E-state index in [0.29, 0.717) is 12.8 Å². The van der Waals surface area contributed by atoms with E-state index in [1.54, 1.807) is 0 Å². The zero-order valence-corrected chi connectivity index (χ0v) is 45.9. The number of carbonyl (C=O) groups is 3. The van der Waals surface area contributed by atoms with E-state index in [2.05, 4.69) is 167 Å². The molecule has 0 aromatic heterocycles. The molecule has 0 saturated heterocycles. The molecule has 0 bridgehead atoms. The largest absolute Gasteiger partial charge is 0.462 e. The van der Waals surface area contributed by atoms with Gasteiger partial charge in [0.2, 0.25) is 0 Å². The molecule has 0 radical (unpaired) electrons. The lowest BCUT2D eigenvalue weighted by molar-refractivity contribution is -0.166. The van der Waals surface area contributed by atoms with Gasteiger partial charge in [0.1, 0.15) is 13.2 Å². The van der Waals surface area contributed by atoms with E-state index in [9.17, 15) is 14.4 Å². The van der Waals surface area contributed by atoms with E-state index < -0.39 is 6.10 Å². The van der Waals surface area contributed by atoms with Crippen LogP contribution in [-0.2, 0) is 28.6 Å². The fraction of sp³-hybridized carbons (Fsp3) is 0.561. The number of hydrogen-bond donors (Lipinski definition) is 0. The lowest BCUT2D eigenvalue weighted by Gasteiger charge is -2.18. The number of ether oxygens (including phenoxy) is 3. The molecule has 0 aliphatic rings. The Hall–Kier alpha value is -4.97. The molecular formula is C66H102O6. The van der Waals surface area contributed by atoms with Crippen molar-refractivity contribution >= 4 is 17.9 Å². The first-order valence-corrected chi connectivity index (χ1v) is 28.5. The van der Waals surface area contributed by atoms with Crippen molar-refractivity contribution in [1.82, 2.24) is 0 Å². The third kappa shape index (κ3) is 56.0. The maximum Gasteiger partial charge on any atom is 0.306 e. The topological polar surface area (TPSA) is 78.9 Å². The number of rotatable bonds is 49. The summed E-state index contributed by atoms with van der Waals surface area (Å²) >= 11 is 0. The van der Waals surface area contributed by atoms with E-state index in [1.165, 1.54) is 19.3 Å². The molecule has 72 heavy (non-hydrogen) atoms. The predicted octanol–water partition coefficient (Wildman–Crippen LogP) is 19.4. The standard InChI is InChI=1S/C66H102O6/c1-4-7-10-13-16-19-22-25-27-28-29-30-31-32-33-34-35-36-37-38-39-42-44-47-50-53-56-59-65(68)71-62-63(61-70-64(67)58-55-52-49-46-43-40-24-21-18-15-12-9-6-3)72-66(69)60-57-54-51-48-45-41-26-23-20-17-14-11-8-5-2/h7,9-10,12,14,16-19,21,23,25-27,29-30,32-33,35-36,38-40,43,49,52,63H,4-6,8,11,13,15,20,22,24,28,31,34,37,41-42,44-48,50-51,53-62H2,1-3H3/b10-7-,12-9-,17-14-,19-16-,21-18-,26-23-,27-25-,30-29-,33-32-,36-35-,39-38-,43-40-,52-49-. The molecular weight excluding hydrogens is 889 g/mol. The normalized spacial score (nSPS) is 13.3. The van der Waals surface area contributed by atoms with Gasteiger partial charge in [-0.25, -0.2) is 0 Å². The van der Waals surface area contributed by atoms with Crippen molar-refractivity contribution < 1.29 is 28.6 Å². The second-order valence-electron chi connectivity index (χ2n) is 18.1. The highest BCUT2D eigenvalue weighted by atomic mass is 16.6. The van der Waals surface area contributed by atoms with Crippen molar-refractivity contribution in [3.63, 3.8) is 0 Å². The molecule has 1 unspecified atom stereocenters. The quantitative estimate of drug-likeness (QED) is 0.0262. The van der Waals surface area contributed by atoms with Gasteiger partial charge in [0.05, 0.1) is 0 Å². The molecule has 0 rings (SSSR count). The van der Waals surface area contributed by atoms with Crippen LogP contribution in [0.2, 0.25) is 0 Å². The SMILES string of the molecule is CC/C=C\C/C=C\C/C=C\C/C=C\C/C=C\C/C=C\C/C=C\CCCCCCCC(=O)OCC(COC(=O)CC/C=C\C/C=C\C/C=C\C/C=C\CC)OC(=O)CCCCCCC/C=C\C/C=C\CCCC. The summed E-state index contributed by atoms with van der Waals surface area (Å²) in [7, 11) is 0. The summed E-state index contributed by atoms with van der Waals surface area (Å²) in [5.41, 5.74) is 0. The van der Waals surface area contributed by atoms with Gasteiger partial charge >= 0.3 is 17.9 Å². The molecule has 0 heterocycles. The number of carbonyl (C=O) groups excluding carboxylic acids is 3. The zero-order valence-electron chi connectivity index (χ0n) is 45.9. The van der Waals surface area contributed by atoms with Crippen LogP contribution in [0.15, 0.2) is 158 Å². The predicted molar refractivity (Wildman–Crippen MR) is 311 cm³/mol. The third-order valence-corrected chi connectivity index (χ3v) is 11.3. The van der Waals surface area contributed by atoms with Crippen molar-refractivity contribution in [2.75, 3.05) is 13.2 Å². The van der Waals surface area contributed by atoms with Gasteiger partial charge < -0.3 is 14.2 Å². The Kier molecular flexibility index (Phi) is 54.6. The van der Waals surface area contributed by atoms with E-state index in [1.807, 2.05) is 12.2 Å². The molecule has 6 nitrogen and oxygen atoms in total.